The number of carbonyl (C=O) groups excluding carboxylic acids is 1. The van der Waals surface area contributed by atoms with Crippen molar-refractivity contribution >= 4 is 11.7 Å². The molecule has 0 radical (unpaired) electrons. The van der Waals surface area contributed by atoms with E-state index >= 15 is 0 Å². The van der Waals surface area contributed by atoms with E-state index in [2.05, 4.69) is 15.5 Å². The second kappa shape index (κ2) is 6.87. The van der Waals surface area contributed by atoms with Crippen LogP contribution >= 0.6 is 0 Å². The molecule has 1 heterocycles. The Kier molecular flexibility index (Phi) is 5.47. The minimum absolute atomic E-state index is 0.0558. The van der Waals surface area contributed by atoms with Crippen LogP contribution < -0.4 is 10.1 Å². The fourth-order valence-corrected chi connectivity index (χ4v) is 1.00. The number of aliphatic hydroxyl groups excluding tert-OH is 2. The standard InChI is InChI=1S/C11H17N3O4/c1-7(2)11(17)13-10-3-9(4-12-14-10)18-6-8(16)5-15/h3-4,7-8,15-16H,5-6H2,1-2H3,(H,13,14,17)/t8-/m0/s1. The Balaban J connectivity index is 2.59. The first-order chi connectivity index (χ1) is 8.52. The lowest BCUT2D eigenvalue weighted by molar-refractivity contribution is -0.118. The van der Waals surface area contributed by atoms with Crippen LogP contribution in [-0.4, -0.2) is 45.6 Å². The highest BCUT2D eigenvalue weighted by Gasteiger charge is 2.09. The van der Waals surface area contributed by atoms with Crippen molar-refractivity contribution in [2.75, 3.05) is 18.5 Å². The Hall–Kier alpha value is -1.73. The monoisotopic (exact) mass is 255 g/mol. The highest BCUT2D eigenvalue weighted by atomic mass is 16.5. The van der Waals surface area contributed by atoms with Gasteiger partial charge in [0.25, 0.3) is 0 Å². The molecule has 0 aliphatic heterocycles. The van der Waals surface area contributed by atoms with Crippen molar-refractivity contribution in [3.05, 3.63) is 12.3 Å². The van der Waals surface area contributed by atoms with Crippen LogP contribution in [0.25, 0.3) is 0 Å². The summed E-state index contributed by atoms with van der Waals surface area (Å²) in [5.74, 6) is 0.311. The van der Waals surface area contributed by atoms with Gasteiger partial charge in [0.1, 0.15) is 18.5 Å². The molecule has 18 heavy (non-hydrogen) atoms. The zero-order chi connectivity index (χ0) is 13.5. The van der Waals surface area contributed by atoms with Crippen molar-refractivity contribution < 1.29 is 19.7 Å². The first-order valence-corrected chi connectivity index (χ1v) is 5.58. The molecule has 7 heteroatoms. The maximum Gasteiger partial charge on any atom is 0.228 e. The quantitative estimate of drug-likeness (QED) is 0.650. The van der Waals surface area contributed by atoms with Gasteiger partial charge >= 0.3 is 0 Å². The molecule has 7 nitrogen and oxygen atoms in total. The largest absolute Gasteiger partial charge is 0.489 e. The molecule has 0 fully saturated rings. The number of aliphatic hydroxyl groups is 2. The van der Waals surface area contributed by atoms with E-state index in [1.165, 1.54) is 12.3 Å². The lowest BCUT2D eigenvalue weighted by Gasteiger charge is -2.10. The van der Waals surface area contributed by atoms with Gasteiger partial charge in [-0.1, -0.05) is 13.8 Å². The summed E-state index contributed by atoms with van der Waals surface area (Å²) in [7, 11) is 0. The number of nitrogens with one attached hydrogen (secondary N) is 1. The van der Waals surface area contributed by atoms with Crippen LogP contribution in [-0.2, 0) is 4.79 Å². The van der Waals surface area contributed by atoms with Crippen LogP contribution in [0.15, 0.2) is 12.3 Å². The third kappa shape index (κ3) is 4.64. The van der Waals surface area contributed by atoms with Gasteiger partial charge in [-0.2, -0.15) is 5.10 Å². The Morgan fingerprint density at radius 1 is 1.56 bits per heavy atom. The van der Waals surface area contributed by atoms with E-state index in [0.29, 0.717) is 5.75 Å². The topological polar surface area (TPSA) is 105 Å². The van der Waals surface area contributed by atoms with Crippen molar-refractivity contribution in [2.24, 2.45) is 5.92 Å². The summed E-state index contributed by atoms with van der Waals surface area (Å²) in [4.78, 5) is 11.4. The Morgan fingerprint density at radius 3 is 2.89 bits per heavy atom. The number of carbonyl (C=O) groups is 1. The van der Waals surface area contributed by atoms with Crippen LogP contribution in [0, 0.1) is 5.92 Å². The lowest BCUT2D eigenvalue weighted by Crippen LogP contribution is -2.22. The molecule has 0 bridgehead atoms. The molecule has 0 aromatic carbocycles. The highest BCUT2D eigenvalue weighted by molar-refractivity contribution is 5.91. The summed E-state index contributed by atoms with van der Waals surface area (Å²) in [5.41, 5.74) is 0. The number of amides is 1. The number of anilines is 1. The molecule has 0 aliphatic rings. The van der Waals surface area contributed by atoms with Gasteiger partial charge < -0.3 is 20.3 Å². The predicted octanol–water partition coefficient (Wildman–Crippen LogP) is -0.197. The maximum absolute atomic E-state index is 11.4. The van der Waals surface area contributed by atoms with Crippen molar-refractivity contribution in [1.82, 2.24) is 10.2 Å². The van der Waals surface area contributed by atoms with Crippen LogP contribution in [0.1, 0.15) is 13.8 Å². The molecule has 0 saturated carbocycles. The number of ether oxygens (including phenoxy) is 1. The van der Waals surface area contributed by atoms with Crippen molar-refractivity contribution in [1.29, 1.82) is 0 Å². The van der Waals surface area contributed by atoms with Gasteiger partial charge in [-0.15, -0.1) is 5.10 Å². The van der Waals surface area contributed by atoms with Crippen LogP contribution in [0.4, 0.5) is 5.82 Å². The molecule has 0 saturated heterocycles. The molecule has 0 aliphatic carbocycles. The van der Waals surface area contributed by atoms with Gasteiger partial charge in [-0.25, -0.2) is 0 Å². The zero-order valence-electron chi connectivity index (χ0n) is 10.3. The minimum Gasteiger partial charge on any atom is -0.489 e. The van der Waals surface area contributed by atoms with Crippen molar-refractivity contribution in [2.45, 2.75) is 20.0 Å². The number of nitrogens with zero attached hydrogens (tertiary/aromatic N) is 2. The fourth-order valence-electron chi connectivity index (χ4n) is 1.00. The van der Waals surface area contributed by atoms with Crippen LogP contribution in [0.2, 0.25) is 0 Å². The molecular formula is C11H17N3O4. The molecular weight excluding hydrogens is 238 g/mol. The van der Waals surface area contributed by atoms with Crippen molar-refractivity contribution in [3.63, 3.8) is 0 Å². The van der Waals surface area contributed by atoms with Gasteiger partial charge in [-0.3, -0.25) is 4.79 Å². The average molecular weight is 255 g/mol. The van der Waals surface area contributed by atoms with E-state index in [4.69, 9.17) is 14.9 Å². The summed E-state index contributed by atoms with van der Waals surface area (Å²) in [5, 5.41) is 27.7. The second-order valence-electron chi connectivity index (χ2n) is 4.07. The zero-order valence-corrected chi connectivity index (χ0v) is 10.3. The van der Waals surface area contributed by atoms with Gasteiger partial charge in [0, 0.05) is 12.0 Å². The van der Waals surface area contributed by atoms with E-state index in [1.54, 1.807) is 13.8 Å². The third-order valence-corrected chi connectivity index (χ3v) is 2.06. The van der Waals surface area contributed by atoms with E-state index < -0.39 is 6.10 Å². The molecule has 1 amide bonds. The minimum atomic E-state index is -0.952. The van der Waals surface area contributed by atoms with Crippen molar-refractivity contribution in [3.8, 4) is 5.75 Å². The Morgan fingerprint density at radius 2 is 2.28 bits per heavy atom. The molecule has 1 atom stereocenters. The fraction of sp³-hybridized carbons (Fsp3) is 0.545. The van der Waals surface area contributed by atoms with E-state index in [-0.39, 0.29) is 30.9 Å². The lowest BCUT2D eigenvalue weighted by atomic mass is 10.2. The normalized spacial score (nSPS) is 12.3. The Bertz CT molecular complexity index is 398. The number of aromatic nitrogens is 2. The van der Waals surface area contributed by atoms with Crippen LogP contribution in [0.5, 0.6) is 5.75 Å². The number of hydrogen-bond acceptors (Lipinski definition) is 6. The van der Waals surface area contributed by atoms with Gasteiger partial charge in [0.15, 0.2) is 5.82 Å². The van der Waals surface area contributed by atoms with E-state index in [0.717, 1.165) is 0 Å². The molecule has 0 unspecified atom stereocenters. The summed E-state index contributed by atoms with van der Waals surface area (Å²) < 4.78 is 5.18. The van der Waals surface area contributed by atoms with E-state index in [1.807, 2.05) is 0 Å². The van der Waals surface area contributed by atoms with Gasteiger partial charge in [0.05, 0.1) is 12.8 Å². The third-order valence-electron chi connectivity index (χ3n) is 2.06. The second-order valence-corrected chi connectivity index (χ2v) is 4.07. The highest BCUT2D eigenvalue weighted by Crippen LogP contribution is 2.13. The summed E-state index contributed by atoms with van der Waals surface area (Å²) >= 11 is 0. The molecule has 1 rings (SSSR count). The molecule has 100 valence electrons. The SMILES string of the molecule is CC(C)C(=O)Nc1cc(OC[C@@H](O)CO)cnn1. The molecule has 0 spiro atoms. The maximum atomic E-state index is 11.4. The predicted molar refractivity (Wildman–Crippen MR) is 64.1 cm³/mol. The smallest absolute Gasteiger partial charge is 0.228 e. The first kappa shape index (κ1) is 14.3. The molecule has 1 aromatic heterocycles. The molecule has 3 N–H and O–H groups in total. The Labute approximate surface area is 105 Å². The summed E-state index contributed by atoms with van der Waals surface area (Å²) in [6.07, 6.45) is 0.404. The average Bonchev–Trinajstić information content (AvgIpc) is 2.36. The number of hydrogen-bond donors (Lipinski definition) is 3. The number of rotatable bonds is 6. The van der Waals surface area contributed by atoms with E-state index in [9.17, 15) is 4.79 Å². The van der Waals surface area contributed by atoms with Gasteiger partial charge in [-0.05, 0) is 0 Å². The molecule has 1 aromatic rings. The van der Waals surface area contributed by atoms with Crippen LogP contribution in [0.3, 0.4) is 0 Å². The first-order valence-electron chi connectivity index (χ1n) is 5.58. The summed E-state index contributed by atoms with van der Waals surface area (Å²) in [6.45, 7) is 3.09. The van der Waals surface area contributed by atoms with Gasteiger partial charge in [0.2, 0.25) is 5.91 Å². The summed E-state index contributed by atoms with van der Waals surface area (Å²) in [6, 6.07) is 1.50.